The van der Waals surface area contributed by atoms with Gasteiger partial charge < -0.3 is 10.2 Å². The highest BCUT2D eigenvalue weighted by Crippen LogP contribution is 2.29. The molecule has 1 heterocycles. The molecule has 20 heavy (non-hydrogen) atoms. The second-order valence-corrected chi connectivity index (χ2v) is 6.79. The summed E-state index contributed by atoms with van der Waals surface area (Å²) < 4.78 is 0. The molecule has 4 unspecified atom stereocenters. The number of hydrogen-bond acceptors (Lipinski definition) is 2. The number of piperazine rings is 1. The Labute approximate surface area is 122 Å². The Kier molecular flexibility index (Phi) is 5.06. The molecule has 2 amide bonds. The van der Waals surface area contributed by atoms with Gasteiger partial charge in [-0.05, 0) is 30.6 Å². The zero-order chi connectivity index (χ0) is 14.7. The Balaban J connectivity index is 1.99. The summed E-state index contributed by atoms with van der Waals surface area (Å²) in [5.74, 6) is 1.66. The Hall–Kier alpha value is -1.06. The second-order valence-electron chi connectivity index (χ2n) is 6.79. The van der Waals surface area contributed by atoms with Gasteiger partial charge in [0.25, 0.3) is 0 Å². The van der Waals surface area contributed by atoms with Gasteiger partial charge in [0, 0.05) is 6.54 Å². The molecule has 1 saturated heterocycles. The van der Waals surface area contributed by atoms with Crippen LogP contribution in [0, 0.1) is 17.8 Å². The molecule has 4 nitrogen and oxygen atoms in total. The van der Waals surface area contributed by atoms with Crippen molar-refractivity contribution in [3.05, 3.63) is 0 Å². The van der Waals surface area contributed by atoms with Crippen LogP contribution in [0.4, 0.5) is 0 Å². The van der Waals surface area contributed by atoms with Crippen LogP contribution in [-0.4, -0.2) is 35.8 Å². The van der Waals surface area contributed by atoms with Gasteiger partial charge in [-0.15, -0.1) is 0 Å². The topological polar surface area (TPSA) is 49.4 Å². The van der Waals surface area contributed by atoms with E-state index in [9.17, 15) is 9.59 Å². The monoisotopic (exact) mass is 280 g/mol. The lowest BCUT2D eigenvalue weighted by atomic mass is 9.82. The molecule has 114 valence electrons. The van der Waals surface area contributed by atoms with E-state index in [1.165, 1.54) is 25.7 Å². The molecule has 4 atom stereocenters. The van der Waals surface area contributed by atoms with E-state index in [2.05, 4.69) is 19.2 Å². The molecular formula is C16H28N2O2. The van der Waals surface area contributed by atoms with Crippen molar-refractivity contribution >= 4 is 11.8 Å². The molecule has 4 heteroatoms. The first-order valence-electron chi connectivity index (χ1n) is 8.09. The van der Waals surface area contributed by atoms with E-state index in [4.69, 9.17) is 0 Å². The highest BCUT2D eigenvalue weighted by atomic mass is 16.2. The van der Waals surface area contributed by atoms with Gasteiger partial charge >= 0.3 is 0 Å². The molecule has 1 saturated carbocycles. The molecule has 0 radical (unpaired) electrons. The smallest absolute Gasteiger partial charge is 0.245 e. The van der Waals surface area contributed by atoms with Gasteiger partial charge in [-0.25, -0.2) is 0 Å². The van der Waals surface area contributed by atoms with Crippen LogP contribution in [0.5, 0.6) is 0 Å². The second kappa shape index (κ2) is 6.59. The van der Waals surface area contributed by atoms with E-state index < -0.39 is 0 Å². The Morgan fingerprint density at radius 2 is 2.10 bits per heavy atom. The third kappa shape index (κ3) is 3.53. The van der Waals surface area contributed by atoms with Crippen LogP contribution in [0.15, 0.2) is 0 Å². The number of nitrogens with one attached hydrogen (secondary N) is 1. The van der Waals surface area contributed by atoms with Gasteiger partial charge in [-0.1, -0.05) is 40.0 Å². The summed E-state index contributed by atoms with van der Waals surface area (Å²) in [5.41, 5.74) is 0. The lowest BCUT2D eigenvalue weighted by Gasteiger charge is -2.38. The van der Waals surface area contributed by atoms with Crippen molar-refractivity contribution in [2.45, 2.75) is 58.9 Å². The fraction of sp³-hybridized carbons (Fsp3) is 0.875. The lowest BCUT2D eigenvalue weighted by Crippen LogP contribution is -2.60. The predicted molar refractivity (Wildman–Crippen MR) is 79.1 cm³/mol. The molecule has 0 aromatic rings. The summed E-state index contributed by atoms with van der Waals surface area (Å²) in [5, 5.41) is 2.86. The minimum Gasteiger partial charge on any atom is -0.342 e. The molecular weight excluding hydrogens is 252 g/mol. The summed E-state index contributed by atoms with van der Waals surface area (Å²) >= 11 is 0. The number of hydrogen-bond donors (Lipinski definition) is 1. The Bertz CT molecular complexity index is 369. The highest BCUT2D eigenvalue weighted by molar-refractivity contribution is 5.95. The van der Waals surface area contributed by atoms with E-state index in [1.807, 2.05) is 6.92 Å². The van der Waals surface area contributed by atoms with E-state index in [1.54, 1.807) is 4.90 Å². The Morgan fingerprint density at radius 3 is 2.75 bits per heavy atom. The summed E-state index contributed by atoms with van der Waals surface area (Å²) in [6, 6.07) is -0.317. The van der Waals surface area contributed by atoms with Crippen molar-refractivity contribution in [1.29, 1.82) is 0 Å². The third-order valence-corrected chi connectivity index (χ3v) is 4.97. The van der Waals surface area contributed by atoms with Crippen LogP contribution in [-0.2, 0) is 9.59 Å². The van der Waals surface area contributed by atoms with Crippen LogP contribution < -0.4 is 5.32 Å². The average Bonchev–Trinajstić information content (AvgIpc) is 2.41. The zero-order valence-corrected chi connectivity index (χ0v) is 13.0. The van der Waals surface area contributed by atoms with E-state index in [0.717, 1.165) is 18.9 Å². The molecule has 0 bridgehead atoms. The van der Waals surface area contributed by atoms with Crippen LogP contribution in [0.3, 0.4) is 0 Å². The zero-order valence-electron chi connectivity index (χ0n) is 13.0. The standard InChI is InChI=1S/C16H28N2O2/c1-4-12(3)15-16(20)18(10-14(19)17-15)9-13-7-5-6-11(2)8-13/h11-13,15H,4-10H2,1-3H3,(H,17,19). The molecule has 2 rings (SSSR count). The molecule has 1 aliphatic heterocycles. The molecule has 2 aliphatic rings. The van der Waals surface area contributed by atoms with Crippen molar-refractivity contribution < 1.29 is 9.59 Å². The first kappa shape index (κ1) is 15.3. The van der Waals surface area contributed by atoms with Crippen molar-refractivity contribution in [3.63, 3.8) is 0 Å². The van der Waals surface area contributed by atoms with Crippen LogP contribution in [0.25, 0.3) is 0 Å². The van der Waals surface area contributed by atoms with E-state index in [-0.39, 0.29) is 30.3 Å². The third-order valence-electron chi connectivity index (χ3n) is 4.97. The average molecular weight is 280 g/mol. The van der Waals surface area contributed by atoms with Gasteiger partial charge in [0.2, 0.25) is 11.8 Å². The summed E-state index contributed by atoms with van der Waals surface area (Å²) in [4.78, 5) is 26.2. The number of amides is 2. The molecule has 2 fully saturated rings. The maximum Gasteiger partial charge on any atom is 0.245 e. The number of carbonyl (C=O) groups excluding carboxylic acids is 2. The number of carbonyl (C=O) groups is 2. The molecule has 0 spiro atoms. The molecule has 0 aromatic carbocycles. The lowest BCUT2D eigenvalue weighted by molar-refractivity contribution is -0.146. The molecule has 1 N–H and O–H groups in total. The van der Waals surface area contributed by atoms with E-state index >= 15 is 0 Å². The highest BCUT2D eigenvalue weighted by Gasteiger charge is 2.36. The summed E-state index contributed by atoms with van der Waals surface area (Å²) in [7, 11) is 0. The van der Waals surface area contributed by atoms with Gasteiger partial charge in [0.15, 0.2) is 0 Å². The van der Waals surface area contributed by atoms with E-state index in [0.29, 0.717) is 5.92 Å². The fourth-order valence-corrected chi connectivity index (χ4v) is 3.54. The minimum atomic E-state index is -0.317. The maximum absolute atomic E-state index is 12.5. The first-order chi connectivity index (χ1) is 9.51. The largest absolute Gasteiger partial charge is 0.342 e. The van der Waals surface area contributed by atoms with Gasteiger partial charge in [-0.3, -0.25) is 9.59 Å². The van der Waals surface area contributed by atoms with Crippen molar-refractivity contribution in [3.8, 4) is 0 Å². The Morgan fingerprint density at radius 1 is 1.35 bits per heavy atom. The molecule has 0 aromatic heterocycles. The van der Waals surface area contributed by atoms with Crippen LogP contribution in [0.1, 0.15) is 52.9 Å². The van der Waals surface area contributed by atoms with Crippen molar-refractivity contribution in [1.82, 2.24) is 10.2 Å². The summed E-state index contributed by atoms with van der Waals surface area (Å²) in [6.07, 6.45) is 5.86. The van der Waals surface area contributed by atoms with Gasteiger partial charge in [0.1, 0.15) is 6.04 Å². The fourth-order valence-electron chi connectivity index (χ4n) is 3.54. The van der Waals surface area contributed by atoms with Gasteiger partial charge in [0.05, 0.1) is 6.54 Å². The van der Waals surface area contributed by atoms with Gasteiger partial charge in [-0.2, -0.15) is 0 Å². The summed E-state index contributed by atoms with van der Waals surface area (Å²) in [6.45, 7) is 7.40. The SMILES string of the molecule is CCC(C)C1NC(=O)CN(CC2CCCC(C)C2)C1=O. The first-order valence-corrected chi connectivity index (χ1v) is 8.09. The minimum absolute atomic E-state index is 0.00115. The van der Waals surface area contributed by atoms with Crippen molar-refractivity contribution in [2.75, 3.05) is 13.1 Å². The van der Waals surface area contributed by atoms with Crippen LogP contribution >= 0.6 is 0 Å². The maximum atomic E-state index is 12.5. The van der Waals surface area contributed by atoms with Crippen molar-refractivity contribution in [2.24, 2.45) is 17.8 Å². The number of nitrogens with zero attached hydrogens (tertiary/aromatic N) is 1. The quantitative estimate of drug-likeness (QED) is 0.858. The van der Waals surface area contributed by atoms with Crippen LogP contribution in [0.2, 0.25) is 0 Å². The molecule has 1 aliphatic carbocycles. The predicted octanol–water partition coefficient (Wildman–Crippen LogP) is 2.19. The normalized spacial score (nSPS) is 33.0. The number of rotatable bonds is 4.